The summed E-state index contributed by atoms with van der Waals surface area (Å²) in [5.41, 5.74) is 2.13. The highest BCUT2D eigenvalue weighted by Crippen LogP contribution is 2.37. The Morgan fingerprint density at radius 3 is 2.80 bits per heavy atom. The van der Waals surface area contributed by atoms with Crippen LogP contribution in [0.2, 0.25) is 0 Å². The van der Waals surface area contributed by atoms with Crippen molar-refractivity contribution in [1.29, 1.82) is 0 Å². The summed E-state index contributed by atoms with van der Waals surface area (Å²) in [5.74, 6) is 0.754. The van der Waals surface area contributed by atoms with Crippen molar-refractivity contribution in [3.63, 3.8) is 0 Å². The number of benzene rings is 1. The third-order valence-corrected chi connectivity index (χ3v) is 3.84. The smallest absolute Gasteiger partial charge is 0.125 e. The molecule has 1 fully saturated rings. The van der Waals surface area contributed by atoms with E-state index < -0.39 is 5.60 Å². The van der Waals surface area contributed by atoms with Crippen LogP contribution in [0.3, 0.4) is 0 Å². The first kappa shape index (κ1) is 15.3. The summed E-state index contributed by atoms with van der Waals surface area (Å²) < 4.78 is 10.9. The highest BCUT2D eigenvalue weighted by Gasteiger charge is 2.32. The molecule has 1 saturated heterocycles. The fourth-order valence-corrected chi connectivity index (χ4v) is 3.11. The molecule has 112 valence electrons. The Kier molecular flexibility index (Phi) is 4.68. The molecule has 1 aliphatic heterocycles. The molecule has 1 aromatic carbocycles. The second-order valence-electron chi connectivity index (χ2n) is 5.86. The molecule has 0 aliphatic carbocycles. The zero-order chi connectivity index (χ0) is 14.8. The quantitative estimate of drug-likeness (QED) is 0.884. The first-order valence-electron chi connectivity index (χ1n) is 7.13. The predicted molar refractivity (Wildman–Crippen MR) is 79.3 cm³/mol. The largest absolute Gasteiger partial charge is 0.496 e. The van der Waals surface area contributed by atoms with E-state index in [0.29, 0.717) is 13.0 Å². The van der Waals surface area contributed by atoms with Gasteiger partial charge in [0.25, 0.3) is 0 Å². The third kappa shape index (κ3) is 3.32. The van der Waals surface area contributed by atoms with Gasteiger partial charge in [-0.25, -0.2) is 0 Å². The summed E-state index contributed by atoms with van der Waals surface area (Å²) in [6.45, 7) is 8.12. The zero-order valence-corrected chi connectivity index (χ0v) is 12.8. The van der Waals surface area contributed by atoms with Crippen molar-refractivity contribution >= 4 is 0 Å². The molecule has 1 aromatic rings. The van der Waals surface area contributed by atoms with Gasteiger partial charge in [-0.2, -0.15) is 0 Å². The average molecular weight is 279 g/mol. The van der Waals surface area contributed by atoms with Crippen LogP contribution in [0.4, 0.5) is 0 Å². The Hall–Kier alpha value is -1.10. The number of ether oxygens (including phenoxy) is 2. The van der Waals surface area contributed by atoms with E-state index in [4.69, 9.17) is 9.47 Å². The van der Waals surface area contributed by atoms with Gasteiger partial charge in [-0.3, -0.25) is 0 Å². The Bertz CT molecular complexity index is 465. The van der Waals surface area contributed by atoms with Gasteiger partial charge in [-0.15, -0.1) is 0 Å². The number of morpholine rings is 1. The number of hydrogen-bond donors (Lipinski definition) is 2. The van der Waals surface area contributed by atoms with Gasteiger partial charge < -0.3 is 19.9 Å². The number of nitrogens with one attached hydrogen (secondary N) is 1. The lowest BCUT2D eigenvalue weighted by Crippen LogP contribution is -2.45. The fourth-order valence-electron chi connectivity index (χ4n) is 3.11. The molecule has 4 heteroatoms. The lowest BCUT2D eigenvalue weighted by atomic mass is 9.85. The predicted octanol–water partition coefficient (Wildman–Crippen LogP) is 1.90. The molecular weight excluding hydrogens is 254 g/mol. The molecule has 1 heterocycles. The minimum atomic E-state index is -0.943. The van der Waals surface area contributed by atoms with Crippen LogP contribution < -0.4 is 10.1 Å². The minimum absolute atomic E-state index is 0.171. The standard InChI is InChI=1S/C16H25NO3/c1-11-7-12(2)15(14(8-11)19-4)16(3,18)9-13-10-20-6-5-17-13/h7-8,13,17-18H,5-6,9-10H2,1-4H3. The van der Waals surface area contributed by atoms with Crippen LogP contribution in [0.25, 0.3) is 0 Å². The molecule has 2 rings (SSSR count). The molecule has 1 aliphatic rings. The van der Waals surface area contributed by atoms with Crippen molar-refractivity contribution in [3.05, 3.63) is 28.8 Å². The van der Waals surface area contributed by atoms with Gasteiger partial charge in [-0.1, -0.05) is 6.07 Å². The lowest BCUT2D eigenvalue weighted by molar-refractivity contribution is 0.00151. The average Bonchev–Trinajstić information content (AvgIpc) is 2.37. The summed E-state index contributed by atoms with van der Waals surface area (Å²) in [5, 5.41) is 14.3. The summed E-state index contributed by atoms with van der Waals surface area (Å²) in [6, 6.07) is 4.22. The summed E-state index contributed by atoms with van der Waals surface area (Å²) >= 11 is 0. The van der Waals surface area contributed by atoms with Crippen LogP contribution in [0.1, 0.15) is 30.0 Å². The lowest BCUT2D eigenvalue weighted by Gasteiger charge is -2.33. The molecule has 4 nitrogen and oxygen atoms in total. The monoisotopic (exact) mass is 279 g/mol. The van der Waals surface area contributed by atoms with Gasteiger partial charge in [0.1, 0.15) is 5.75 Å². The zero-order valence-electron chi connectivity index (χ0n) is 12.8. The van der Waals surface area contributed by atoms with E-state index in [1.165, 1.54) is 0 Å². The van der Waals surface area contributed by atoms with Gasteiger partial charge >= 0.3 is 0 Å². The van der Waals surface area contributed by atoms with Crippen LogP contribution in [0, 0.1) is 13.8 Å². The maximum Gasteiger partial charge on any atom is 0.125 e. The highest BCUT2D eigenvalue weighted by atomic mass is 16.5. The van der Waals surface area contributed by atoms with Crippen LogP contribution in [-0.4, -0.2) is 38.0 Å². The minimum Gasteiger partial charge on any atom is -0.496 e. The number of methoxy groups -OCH3 is 1. The molecule has 0 aromatic heterocycles. The molecule has 0 radical (unpaired) electrons. The van der Waals surface area contributed by atoms with Crippen molar-refractivity contribution in [2.45, 2.75) is 38.8 Å². The first-order valence-corrected chi connectivity index (χ1v) is 7.13. The second-order valence-corrected chi connectivity index (χ2v) is 5.86. The summed E-state index contributed by atoms with van der Waals surface area (Å²) in [4.78, 5) is 0. The molecule has 2 unspecified atom stereocenters. The number of rotatable bonds is 4. The SMILES string of the molecule is COc1cc(C)cc(C)c1C(C)(O)CC1COCCN1. The third-order valence-electron chi connectivity index (χ3n) is 3.84. The van der Waals surface area contributed by atoms with E-state index in [1.807, 2.05) is 26.8 Å². The molecule has 0 bridgehead atoms. The molecule has 0 spiro atoms. The van der Waals surface area contributed by atoms with Gasteiger partial charge in [-0.05, 0) is 44.4 Å². The van der Waals surface area contributed by atoms with Gasteiger partial charge in [0.05, 0.1) is 25.9 Å². The normalized spacial score (nSPS) is 22.4. The first-order chi connectivity index (χ1) is 9.44. The van der Waals surface area contributed by atoms with E-state index in [-0.39, 0.29) is 6.04 Å². The van der Waals surface area contributed by atoms with Crippen molar-refractivity contribution in [2.75, 3.05) is 26.9 Å². The van der Waals surface area contributed by atoms with Crippen LogP contribution in [0.15, 0.2) is 12.1 Å². The Morgan fingerprint density at radius 2 is 2.20 bits per heavy atom. The molecular formula is C16H25NO3. The fraction of sp³-hybridized carbons (Fsp3) is 0.625. The maximum absolute atomic E-state index is 10.9. The van der Waals surface area contributed by atoms with Gasteiger partial charge in [0.2, 0.25) is 0 Å². The Balaban J connectivity index is 2.27. The number of aryl methyl sites for hydroxylation is 2. The maximum atomic E-state index is 10.9. The van der Waals surface area contributed by atoms with Crippen molar-refractivity contribution in [1.82, 2.24) is 5.32 Å². The van der Waals surface area contributed by atoms with E-state index in [9.17, 15) is 5.11 Å². The van der Waals surface area contributed by atoms with Gasteiger partial charge in [0.15, 0.2) is 0 Å². The van der Waals surface area contributed by atoms with E-state index >= 15 is 0 Å². The number of hydrogen-bond acceptors (Lipinski definition) is 4. The van der Waals surface area contributed by atoms with E-state index in [0.717, 1.165) is 35.6 Å². The van der Waals surface area contributed by atoms with Crippen molar-refractivity contribution in [2.24, 2.45) is 0 Å². The molecule has 0 amide bonds. The summed E-state index contributed by atoms with van der Waals surface area (Å²) in [7, 11) is 1.65. The molecule has 2 N–H and O–H groups in total. The summed E-state index contributed by atoms with van der Waals surface area (Å²) in [6.07, 6.45) is 0.604. The Morgan fingerprint density at radius 1 is 1.45 bits per heavy atom. The molecule has 20 heavy (non-hydrogen) atoms. The Labute approximate surface area is 121 Å². The van der Waals surface area contributed by atoms with Crippen LogP contribution in [-0.2, 0) is 10.3 Å². The van der Waals surface area contributed by atoms with Crippen LogP contribution in [0.5, 0.6) is 5.75 Å². The van der Waals surface area contributed by atoms with Crippen molar-refractivity contribution < 1.29 is 14.6 Å². The van der Waals surface area contributed by atoms with Crippen molar-refractivity contribution in [3.8, 4) is 5.75 Å². The molecule has 2 atom stereocenters. The second kappa shape index (κ2) is 6.12. The van der Waals surface area contributed by atoms with Gasteiger partial charge in [0, 0.05) is 18.2 Å². The number of aliphatic hydroxyl groups is 1. The molecule has 0 saturated carbocycles. The van der Waals surface area contributed by atoms with E-state index in [1.54, 1.807) is 7.11 Å². The van der Waals surface area contributed by atoms with Crippen LogP contribution >= 0.6 is 0 Å². The highest BCUT2D eigenvalue weighted by molar-refractivity contribution is 5.46. The topological polar surface area (TPSA) is 50.7 Å². The van der Waals surface area contributed by atoms with E-state index in [2.05, 4.69) is 11.4 Å².